The third-order valence-electron chi connectivity index (χ3n) is 3.41. The van der Waals surface area contributed by atoms with Crippen LogP contribution >= 0.6 is 0 Å². The number of ether oxygens (including phenoxy) is 1. The summed E-state index contributed by atoms with van der Waals surface area (Å²) in [5.74, 6) is 0.140. The lowest BCUT2D eigenvalue weighted by molar-refractivity contribution is -0.124. The highest BCUT2D eigenvalue weighted by Crippen LogP contribution is 2.06. The molecular formula is C12H25N3O2. The summed E-state index contributed by atoms with van der Waals surface area (Å²) < 4.78 is 5.57. The van der Waals surface area contributed by atoms with Gasteiger partial charge in [0.15, 0.2) is 0 Å². The molecule has 3 N–H and O–H groups in total. The summed E-state index contributed by atoms with van der Waals surface area (Å²) >= 11 is 0. The van der Waals surface area contributed by atoms with Crippen molar-refractivity contribution >= 4 is 5.91 Å². The van der Waals surface area contributed by atoms with Crippen LogP contribution in [-0.2, 0) is 9.53 Å². The van der Waals surface area contributed by atoms with Crippen molar-refractivity contribution in [3.8, 4) is 0 Å². The molecule has 1 rings (SSSR count). The Morgan fingerprint density at radius 2 is 2.35 bits per heavy atom. The molecule has 0 aliphatic carbocycles. The molecule has 2 unspecified atom stereocenters. The van der Waals surface area contributed by atoms with E-state index in [-0.39, 0.29) is 17.9 Å². The van der Waals surface area contributed by atoms with Crippen LogP contribution in [0.3, 0.4) is 0 Å². The Labute approximate surface area is 104 Å². The van der Waals surface area contributed by atoms with Gasteiger partial charge in [0.05, 0.1) is 18.8 Å². The number of carbonyl (C=O) groups is 1. The van der Waals surface area contributed by atoms with Gasteiger partial charge >= 0.3 is 0 Å². The molecule has 0 aromatic carbocycles. The first-order valence-electron chi connectivity index (χ1n) is 6.38. The molecule has 0 spiro atoms. The highest BCUT2D eigenvalue weighted by atomic mass is 16.5. The van der Waals surface area contributed by atoms with Crippen LogP contribution in [0.4, 0.5) is 0 Å². The van der Waals surface area contributed by atoms with Gasteiger partial charge in [0.25, 0.3) is 0 Å². The molecule has 0 aromatic rings. The van der Waals surface area contributed by atoms with Crippen LogP contribution in [0.5, 0.6) is 0 Å². The van der Waals surface area contributed by atoms with Crippen LogP contribution in [0.1, 0.15) is 20.3 Å². The summed E-state index contributed by atoms with van der Waals surface area (Å²) in [6.07, 6.45) is 0.999. The predicted octanol–water partition coefficient (Wildman–Crippen LogP) is -0.193. The fourth-order valence-corrected chi connectivity index (χ4v) is 1.83. The molecule has 1 aliphatic rings. The third kappa shape index (κ3) is 4.61. The second-order valence-corrected chi connectivity index (χ2v) is 4.91. The summed E-state index contributed by atoms with van der Waals surface area (Å²) in [5, 5.41) is 2.87. The second-order valence-electron chi connectivity index (χ2n) is 4.91. The van der Waals surface area contributed by atoms with Gasteiger partial charge in [-0.2, -0.15) is 0 Å². The van der Waals surface area contributed by atoms with Crippen LogP contribution in [0.15, 0.2) is 0 Å². The Morgan fingerprint density at radius 1 is 1.65 bits per heavy atom. The van der Waals surface area contributed by atoms with Crippen molar-refractivity contribution in [3.63, 3.8) is 0 Å². The van der Waals surface area contributed by atoms with Crippen LogP contribution in [0, 0.1) is 5.92 Å². The first-order valence-corrected chi connectivity index (χ1v) is 6.38. The van der Waals surface area contributed by atoms with Crippen LogP contribution in [-0.4, -0.2) is 56.2 Å². The predicted molar refractivity (Wildman–Crippen MR) is 67.7 cm³/mol. The molecule has 3 atom stereocenters. The quantitative estimate of drug-likeness (QED) is 0.702. The molecule has 1 amide bonds. The van der Waals surface area contributed by atoms with Gasteiger partial charge in [-0.1, -0.05) is 20.3 Å². The molecular weight excluding hydrogens is 218 g/mol. The Balaban J connectivity index is 2.27. The minimum Gasteiger partial charge on any atom is -0.374 e. The van der Waals surface area contributed by atoms with Gasteiger partial charge in [-0.25, -0.2) is 0 Å². The van der Waals surface area contributed by atoms with Gasteiger partial charge in [-0.15, -0.1) is 0 Å². The Hall–Kier alpha value is -0.650. The van der Waals surface area contributed by atoms with E-state index in [0.717, 1.165) is 26.1 Å². The van der Waals surface area contributed by atoms with Gasteiger partial charge in [-0.3, -0.25) is 4.79 Å². The molecule has 0 saturated carbocycles. The number of likely N-dealkylation sites (N-methyl/N-ethyl adjacent to an activating group) is 1. The maximum atomic E-state index is 11.8. The number of amides is 1. The molecule has 100 valence electrons. The average molecular weight is 243 g/mol. The summed E-state index contributed by atoms with van der Waals surface area (Å²) in [6, 6.07) is -0.415. The maximum absolute atomic E-state index is 11.8. The van der Waals surface area contributed by atoms with E-state index in [2.05, 4.69) is 17.3 Å². The van der Waals surface area contributed by atoms with Crippen LogP contribution < -0.4 is 11.1 Å². The van der Waals surface area contributed by atoms with Crippen molar-refractivity contribution in [2.75, 3.05) is 33.3 Å². The monoisotopic (exact) mass is 243 g/mol. The highest BCUT2D eigenvalue weighted by Gasteiger charge is 2.22. The fraction of sp³-hybridized carbons (Fsp3) is 0.917. The first kappa shape index (κ1) is 14.4. The van der Waals surface area contributed by atoms with E-state index in [1.165, 1.54) is 0 Å². The summed E-state index contributed by atoms with van der Waals surface area (Å²) in [5.41, 5.74) is 5.85. The van der Waals surface area contributed by atoms with Gasteiger partial charge < -0.3 is 20.7 Å². The SMILES string of the molecule is CCC(C)[C@H](N)C(=O)NCC1CN(C)CCO1. The minimum atomic E-state index is -0.415. The normalized spacial score (nSPS) is 25.3. The zero-order valence-electron chi connectivity index (χ0n) is 11.1. The second kappa shape index (κ2) is 6.93. The van der Waals surface area contributed by atoms with E-state index in [1.807, 2.05) is 13.8 Å². The third-order valence-corrected chi connectivity index (χ3v) is 3.41. The Bertz CT molecular complexity index is 248. The van der Waals surface area contributed by atoms with Crippen LogP contribution in [0.2, 0.25) is 0 Å². The van der Waals surface area contributed by atoms with Crippen molar-refractivity contribution in [3.05, 3.63) is 0 Å². The number of nitrogens with one attached hydrogen (secondary N) is 1. The topological polar surface area (TPSA) is 67.6 Å². The van der Waals surface area contributed by atoms with E-state index < -0.39 is 6.04 Å². The lowest BCUT2D eigenvalue weighted by Gasteiger charge is -2.30. The van der Waals surface area contributed by atoms with Gasteiger partial charge in [0, 0.05) is 19.6 Å². The number of hydrogen-bond acceptors (Lipinski definition) is 4. The van der Waals surface area contributed by atoms with Crippen molar-refractivity contribution in [1.82, 2.24) is 10.2 Å². The number of rotatable bonds is 5. The maximum Gasteiger partial charge on any atom is 0.237 e. The van der Waals surface area contributed by atoms with E-state index in [0.29, 0.717) is 6.54 Å². The molecule has 5 heteroatoms. The van der Waals surface area contributed by atoms with Crippen molar-refractivity contribution < 1.29 is 9.53 Å². The Kier molecular flexibility index (Phi) is 5.88. The molecule has 5 nitrogen and oxygen atoms in total. The zero-order chi connectivity index (χ0) is 12.8. The van der Waals surface area contributed by atoms with E-state index in [1.54, 1.807) is 0 Å². The van der Waals surface area contributed by atoms with E-state index in [4.69, 9.17) is 10.5 Å². The lowest BCUT2D eigenvalue weighted by atomic mass is 9.99. The van der Waals surface area contributed by atoms with E-state index >= 15 is 0 Å². The zero-order valence-corrected chi connectivity index (χ0v) is 11.1. The summed E-state index contributed by atoms with van der Waals surface area (Å²) in [7, 11) is 2.06. The standard InChI is InChI=1S/C12H25N3O2/c1-4-9(2)11(13)12(16)14-7-10-8-15(3)5-6-17-10/h9-11H,4-8,13H2,1-3H3,(H,14,16)/t9?,10?,11-/m0/s1. The van der Waals surface area contributed by atoms with Crippen molar-refractivity contribution in [2.45, 2.75) is 32.4 Å². The number of carbonyl (C=O) groups excluding carboxylic acids is 1. The first-order chi connectivity index (χ1) is 8.04. The van der Waals surface area contributed by atoms with E-state index in [9.17, 15) is 4.79 Å². The molecule has 0 radical (unpaired) electrons. The molecule has 1 aliphatic heterocycles. The number of nitrogens with two attached hydrogens (primary N) is 1. The summed E-state index contributed by atoms with van der Waals surface area (Å²) in [4.78, 5) is 14.0. The van der Waals surface area contributed by atoms with Crippen LogP contribution in [0.25, 0.3) is 0 Å². The van der Waals surface area contributed by atoms with Gasteiger partial charge in [-0.05, 0) is 13.0 Å². The smallest absolute Gasteiger partial charge is 0.237 e. The fourth-order valence-electron chi connectivity index (χ4n) is 1.83. The average Bonchev–Trinajstić information content (AvgIpc) is 2.34. The number of hydrogen-bond donors (Lipinski definition) is 2. The largest absolute Gasteiger partial charge is 0.374 e. The summed E-state index contributed by atoms with van der Waals surface area (Å²) in [6.45, 7) is 7.13. The number of morpholine rings is 1. The molecule has 0 bridgehead atoms. The van der Waals surface area contributed by atoms with Gasteiger partial charge in [0.2, 0.25) is 5.91 Å². The molecule has 1 heterocycles. The lowest BCUT2D eigenvalue weighted by Crippen LogP contribution is -2.50. The molecule has 1 saturated heterocycles. The van der Waals surface area contributed by atoms with Gasteiger partial charge in [0.1, 0.15) is 0 Å². The molecule has 17 heavy (non-hydrogen) atoms. The highest BCUT2D eigenvalue weighted by molar-refractivity contribution is 5.81. The number of nitrogens with zero attached hydrogens (tertiary/aromatic N) is 1. The molecule has 0 aromatic heterocycles. The minimum absolute atomic E-state index is 0.0730. The van der Waals surface area contributed by atoms with Crippen molar-refractivity contribution in [2.24, 2.45) is 11.7 Å². The Morgan fingerprint density at radius 3 is 2.94 bits per heavy atom. The molecule has 1 fully saturated rings. The van der Waals surface area contributed by atoms with Crippen molar-refractivity contribution in [1.29, 1.82) is 0 Å².